The highest BCUT2D eigenvalue weighted by Crippen LogP contribution is 2.30. The van der Waals surface area contributed by atoms with Gasteiger partial charge in [0.25, 0.3) is 0 Å². The molecule has 0 radical (unpaired) electrons. The van der Waals surface area contributed by atoms with Crippen molar-refractivity contribution in [3.05, 3.63) is 145 Å². The molecule has 0 saturated carbocycles. The van der Waals surface area contributed by atoms with Gasteiger partial charge in [0.05, 0.1) is 26.4 Å². The first kappa shape index (κ1) is 38.7. The van der Waals surface area contributed by atoms with E-state index in [0.717, 1.165) is 16.9 Å². The van der Waals surface area contributed by atoms with Crippen molar-refractivity contribution in [2.24, 2.45) is 5.16 Å². The Morgan fingerprint density at radius 3 is 1.84 bits per heavy atom. The van der Waals surface area contributed by atoms with Crippen LogP contribution < -0.4 is 18.9 Å². The maximum atomic E-state index is 12.9. The predicted octanol–water partition coefficient (Wildman–Crippen LogP) is 7.69. The Balaban J connectivity index is 1.02. The lowest BCUT2D eigenvalue weighted by Gasteiger charge is -2.32. The number of hydrogen-bond donors (Lipinski definition) is 0. The fraction of sp³-hybridized carbons (Fsp3) is 0.289. The van der Waals surface area contributed by atoms with Gasteiger partial charge in [-0.15, -0.1) is 0 Å². The summed E-state index contributed by atoms with van der Waals surface area (Å²) in [5, 5.41) is 4.28. The van der Waals surface area contributed by atoms with E-state index in [0.29, 0.717) is 29.4 Å². The molecule has 4 aromatic rings. The first-order valence-corrected chi connectivity index (χ1v) is 18.2. The number of carbonyl (C=O) groups excluding carboxylic acids is 1. The van der Waals surface area contributed by atoms with E-state index in [1.54, 1.807) is 21.1 Å². The smallest absolute Gasteiger partial charge is 0.306 e. The van der Waals surface area contributed by atoms with Gasteiger partial charge >= 0.3 is 5.97 Å². The highest BCUT2D eigenvalue weighted by atomic mass is 16.6. The van der Waals surface area contributed by atoms with Crippen molar-refractivity contribution in [2.75, 3.05) is 27.4 Å². The number of rotatable bonds is 15. The van der Waals surface area contributed by atoms with Gasteiger partial charge in [0.2, 0.25) is 0 Å². The molecule has 2 aliphatic rings. The van der Waals surface area contributed by atoms with Crippen LogP contribution in [0.1, 0.15) is 37.0 Å². The largest absolute Gasteiger partial charge is 0.497 e. The number of esters is 1. The third kappa shape index (κ3) is 11.7. The van der Waals surface area contributed by atoms with E-state index in [-0.39, 0.29) is 25.7 Å². The van der Waals surface area contributed by atoms with Crippen LogP contribution in [-0.2, 0) is 23.8 Å². The minimum Gasteiger partial charge on any atom is -0.497 e. The Hall–Kier alpha value is -6.02. The summed E-state index contributed by atoms with van der Waals surface area (Å²) in [6.07, 6.45) is 5.41. The SMILES string of the molecule is COc1ccc(O[C@H]2C=C[C@@H](C#Cc3ccccc3)O[C@@H]2COC(=O)CC/C(C)=N/OC[C@H]2O[C@H](c3ccccc3)C=C[C@@H]2Oc2ccc(OC)cc2)cc1. The minimum atomic E-state index is -0.596. The number of hydrogen-bond acceptors (Lipinski definition) is 10. The van der Waals surface area contributed by atoms with Gasteiger partial charge in [0.1, 0.15) is 72.8 Å². The zero-order chi connectivity index (χ0) is 38.2. The molecule has 6 rings (SSSR count). The van der Waals surface area contributed by atoms with Crippen LogP contribution in [0.5, 0.6) is 23.0 Å². The number of nitrogens with zero attached hydrogens (tertiary/aromatic N) is 1. The van der Waals surface area contributed by atoms with Crippen LogP contribution >= 0.6 is 0 Å². The van der Waals surface area contributed by atoms with E-state index in [2.05, 4.69) is 17.0 Å². The molecular weight excluding hydrogens is 698 g/mol. The van der Waals surface area contributed by atoms with Gasteiger partial charge in [-0.05, 0) is 97.8 Å². The quantitative estimate of drug-likeness (QED) is 0.0399. The second kappa shape index (κ2) is 19.9. The Morgan fingerprint density at radius 1 is 0.655 bits per heavy atom. The van der Waals surface area contributed by atoms with Crippen molar-refractivity contribution in [2.45, 2.75) is 56.4 Å². The zero-order valence-electron chi connectivity index (χ0n) is 31.1. The molecule has 0 saturated heterocycles. The van der Waals surface area contributed by atoms with E-state index in [4.69, 9.17) is 38.0 Å². The second-order valence-corrected chi connectivity index (χ2v) is 12.8. The van der Waals surface area contributed by atoms with Crippen LogP contribution in [0.4, 0.5) is 0 Å². The second-order valence-electron chi connectivity index (χ2n) is 12.8. The first-order valence-electron chi connectivity index (χ1n) is 18.2. The molecule has 4 aromatic carbocycles. The molecule has 0 aliphatic carbocycles. The summed E-state index contributed by atoms with van der Waals surface area (Å²) in [7, 11) is 3.23. The standard InChI is InChI=1S/C45H45NO9/c1-32(46-51-31-44-42(53-39-23-19-36(49-3)20-24-39)28-27-40(55-44)34-12-8-5-9-13-34)14-29-45(47)50-30-43-41(52-38-21-17-35(48-2)18-22-38)26-25-37(54-43)16-15-33-10-6-4-7-11-33/h4-13,17-28,37,40-44H,14,29-31H2,1-3H3/b46-32+/t37-,40+,41+,42+,43-,44-/m1/s1. The van der Waals surface area contributed by atoms with Crippen molar-refractivity contribution in [3.8, 4) is 34.8 Å². The van der Waals surface area contributed by atoms with E-state index in [1.165, 1.54) is 0 Å². The van der Waals surface area contributed by atoms with Gasteiger partial charge in [-0.2, -0.15) is 0 Å². The molecule has 0 unspecified atom stereocenters. The maximum absolute atomic E-state index is 12.9. The van der Waals surface area contributed by atoms with E-state index in [1.807, 2.05) is 133 Å². The molecule has 2 aliphatic heterocycles. The average molecular weight is 744 g/mol. The van der Waals surface area contributed by atoms with Gasteiger partial charge in [-0.3, -0.25) is 4.79 Å². The average Bonchev–Trinajstić information content (AvgIpc) is 3.23. The van der Waals surface area contributed by atoms with Crippen LogP contribution in [-0.4, -0.2) is 69.6 Å². The lowest BCUT2D eigenvalue weighted by molar-refractivity contribution is -0.151. The van der Waals surface area contributed by atoms with Crippen LogP contribution in [0, 0.1) is 11.8 Å². The number of benzene rings is 4. The number of ether oxygens (including phenoxy) is 7. The summed E-state index contributed by atoms with van der Waals surface area (Å²) >= 11 is 0. The van der Waals surface area contributed by atoms with Crippen LogP contribution in [0.3, 0.4) is 0 Å². The molecule has 2 heterocycles. The lowest BCUT2D eigenvalue weighted by Crippen LogP contribution is -2.42. The monoisotopic (exact) mass is 743 g/mol. The third-order valence-electron chi connectivity index (χ3n) is 8.81. The Labute approximate surface area is 322 Å². The molecule has 284 valence electrons. The highest BCUT2D eigenvalue weighted by molar-refractivity contribution is 5.85. The van der Waals surface area contributed by atoms with Gasteiger partial charge in [-0.25, -0.2) is 0 Å². The van der Waals surface area contributed by atoms with Crippen molar-refractivity contribution in [1.82, 2.24) is 0 Å². The fourth-order valence-corrected chi connectivity index (χ4v) is 5.80. The van der Waals surface area contributed by atoms with Crippen molar-refractivity contribution in [3.63, 3.8) is 0 Å². The highest BCUT2D eigenvalue weighted by Gasteiger charge is 2.31. The molecule has 0 aromatic heterocycles. The Kier molecular flexibility index (Phi) is 14.0. The van der Waals surface area contributed by atoms with Gasteiger partial charge in [0, 0.05) is 5.56 Å². The molecule has 0 bridgehead atoms. The zero-order valence-corrected chi connectivity index (χ0v) is 31.1. The topological polar surface area (TPSA) is 103 Å². The predicted molar refractivity (Wildman–Crippen MR) is 208 cm³/mol. The van der Waals surface area contributed by atoms with E-state index < -0.39 is 36.5 Å². The molecule has 10 heteroatoms. The maximum Gasteiger partial charge on any atom is 0.306 e. The summed E-state index contributed by atoms with van der Waals surface area (Å²) in [5.41, 5.74) is 2.53. The summed E-state index contributed by atoms with van der Waals surface area (Å²) in [5.74, 6) is 8.63. The molecule has 0 spiro atoms. The minimum absolute atomic E-state index is 0.0229. The summed E-state index contributed by atoms with van der Waals surface area (Å²) in [4.78, 5) is 18.7. The Bertz CT molecular complexity index is 1950. The summed E-state index contributed by atoms with van der Waals surface area (Å²) < 4.78 is 41.4. The van der Waals surface area contributed by atoms with Gasteiger partial charge in [0.15, 0.2) is 0 Å². The van der Waals surface area contributed by atoms with Crippen molar-refractivity contribution >= 4 is 11.7 Å². The van der Waals surface area contributed by atoms with Crippen LogP contribution in [0.15, 0.2) is 139 Å². The van der Waals surface area contributed by atoms with Gasteiger partial charge < -0.3 is 38.0 Å². The lowest BCUT2D eigenvalue weighted by atomic mass is 10.0. The summed E-state index contributed by atoms with van der Waals surface area (Å²) in [6.45, 7) is 1.91. The molecule has 10 nitrogen and oxygen atoms in total. The molecule has 0 fully saturated rings. The number of methoxy groups -OCH3 is 2. The molecule has 0 N–H and O–H groups in total. The normalized spacial score (nSPS) is 21.8. The molecule has 6 atom stereocenters. The number of oxime groups is 1. The van der Waals surface area contributed by atoms with E-state index >= 15 is 0 Å². The molecular formula is C45H45NO9. The number of carbonyl (C=O) groups is 1. The van der Waals surface area contributed by atoms with Gasteiger partial charge in [-0.1, -0.05) is 71.6 Å². The van der Waals surface area contributed by atoms with E-state index in [9.17, 15) is 4.79 Å². The van der Waals surface area contributed by atoms with Crippen molar-refractivity contribution < 1.29 is 42.8 Å². The fourth-order valence-electron chi connectivity index (χ4n) is 5.80. The van der Waals surface area contributed by atoms with Crippen molar-refractivity contribution in [1.29, 1.82) is 0 Å². The Morgan fingerprint density at radius 2 is 1.22 bits per heavy atom. The molecule has 55 heavy (non-hydrogen) atoms. The van der Waals surface area contributed by atoms with Crippen LogP contribution in [0.25, 0.3) is 0 Å². The summed E-state index contributed by atoms with van der Waals surface area (Å²) in [6, 6.07) is 34.2. The first-order chi connectivity index (χ1) is 26.9. The molecule has 0 amide bonds. The van der Waals surface area contributed by atoms with Crippen LogP contribution in [0.2, 0.25) is 0 Å². The third-order valence-corrected chi connectivity index (χ3v) is 8.81.